The summed E-state index contributed by atoms with van der Waals surface area (Å²) in [5.74, 6) is 0.647. The number of guanidine groups is 1. The van der Waals surface area contributed by atoms with Gasteiger partial charge in [-0.3, -0.25) is 9.69 Å². The number of carbonyl (C=O) groups is 1. The monoisotopic (exact) mass is 353 g/mol. The Morgan fingerprint density at radius 2 is 2.12 bits per heavy atom. The minimum absolute atomic E-state index is 0.165. The quantitative estimate of drug-likeness (QED) is 0.880. The van der Waals surface area contributed by atoms with Crippen LogP contribution in [0.15, 0.2) is 41.9 Å². The predicted molar refractivity (Wildman–Crippen MR) is 94.4 cm³/mol. The summed E-state index contributed by atoms with van der Waals surface area (Å²) in [6, 6.07) is 5.67. The fourth-order valence-electron chi connectivity index (χ4n) is 3.53. The third-order valence-electron chi connectivity index (χ3n) is 4.80. The summed E-state index contributed by atoms with van der Waals surface area (Å²) in [5, 5.41) is 0. The van der Waals surface area contributed by atoms with Crippen molar-refractivity contribution < 1.29 is 14.3 Å². The number of nitrogens with two attached hydrogens (primary N) is 1. The lowest BCUT2D eigenvalue weighted by Gasteiger charge is -2.36. The maximum Gasteiger partial charge on any atom is 0.261 e. The number of likely N-dealkylation sites (N-methyl/N-ethyl adjacent to an activating group) is 1. The van der Waals surface area contributed by atoms with E-state index in [-0.39, 0.29) is 18.0 Å². The molecule has 4 rings (SSSR count). The number of carbonyl (C=O) groups excluding carboxylic acids is 1. The third kappa shape index (κ3) is 2.41. The first-order valence-corrected chi connectivity index (χ1v) is 8.24. The molecule has 2 aliphatic heterocycles. The molecule has 2 atom stereocenters. The van der Waals surface area contributed by atoms with Crippen LogP contribution in [0.1, 0.15) is 12.0 Å². The molecule has 1 spiro atoms. The van der Waals surface area contributed by atoms with Crippen molar-refractivity contribution in [1.29, 1.82) is 0 Å². The molecule has 1 aromatic heterocycles. The molecule has 0 saturated heterocycles. The Labute approximate surface area is 150 Å². The lowest BCUT2D eigenvalue weighted by Crippen LogP contribution is -2.46. The summed E-state index contributed by atoms with van der Waals surface area (Å²) in [6.45, 7) is 0.363. The fraction of sp³-hybridized carbons (Fsp3) is 0.333. The topological polar surface area (TPSA) is 103 Å². The number of nitrogens with zero attached hydrogens (tertiary/aromatic N) is 4. The van der Waals surface area contributed by atoms with Crippen molar-refractivity contribution in [1.82, 2.24) is 14.9 Å². The van der Waals surface area contributed by atoms with Crippen molar-refractivity contribution in [2.75, 3.05) is 20.8 Å². The number of fused-ring (bicyclic) bond motifs is 2. The molecule has 0 fully saturated rings. The lowest BCUT2D eigenvalue weighted by atomic mass is 9.81. The average Bonchev–Trinajstić information content (AvgIpc) is 2.87. The molecule has 2 unspecified atom stereocenters. The smallest absolute Gasteiger partial charge is 0.261 e. The van der Waals surface area contributed by atoms with E-state index in [9.17, 15) is 4.79 Å². The highest BCUT2D eigenvalue weighted by molar-refractivity contribution is 6.07. The van der Waals surface area contributed by atoms with E-state index < -0.39 is 5.54 Å². The number of aromatic nitrogens is 2. The van der Waals surface area contributed by atoms with Crippen LogP contribution in [-0.2, 0) is 15.1 Å². The molecule has 1 aromatic carbocycles. The zero-order valence-corrected chi connectivity index (χ0v) is 14.5. The number of benzene rings is 1. The van der Waals surface area contributed by atoms with Crippen LogP contribution in [0.25, 0.3) is 11.1 Å². The van der Waals surface area contributed by atoms with Gasteiger partial charge in [-0.2, -0.15) is 0 Å². The first-order chi connectivity index (χ1) is 12.5. The zero-order chi connectivity index (χ0) is 18.3. The third-order valence-corrected chi connectivity index (χ3v) is 4.80. The van der Waals surface area contributed by atoms with E-state index in [1.54, 1.807) is 26.6 Å². The van der Waals surface area contributed by atoms with Crippen LogP contribution in [0.5, 0.6) is 5.75 Å². The van der Waals surface area contributed by atoms with Gasteiger partial charge in [0, 0.05) is 44.1 Å². The Hall–Kier alpha value is -3.00. The molecule has 8 nitrogen and oxygen atoms in total. The average molecular weight is 353 g/mol. The van der Waals surface area contributed by atoms with Crippen molar-refractivity contribution in [3.8, 4) is 16.9 Å². The second-order valence-electron chi connectivity index (χ2n) is 6.43. The Bertz CT molecular complexity index is 886. The molecule has 26 heavy (non-hydrogen) atoms. The second-order valence-corrected chi connectivity index (χ2v) is 6.43. The summed E-state index contributed by atoms with van der Waals surface area (Å²) < 4.78 is 11.3. The summed E-state index contributed by atoms with van der Waals surface area (Å²) in [7, 11) is 3.23. The molecule has 3 heterocycles. The van der Waals surface area contributed by atoms with E-state index in [0.29, 0.717) is 24.3 Å². The van der Waals surface area contributed by atoms with Gasteiger partial charge >= 0.3 is 0 Å². The largest absolute Gasteiger partial charge is 0.488 e. The van der Waals surface area contributed by atoms with Crippen molar-refractivity contribution in [2.45, 2.75) is 18.1 Å². The first kappa shape index (κ1) is 16.5. The van der Waals surface area contributed by atoms with E-state index in [1.165, 1.54) is 11.2 Å². The zero-order valence-electron chi connectivity index (χ0n) is 14.5. The van der Waals surface area contributed by atoms with E-state index in [2.05, 4.69) is 15.0 Å². The Morgan fingerprint density at radius 3 is 2.77 bits per heavy atom. The van der Waals surface area contributed by atoms with Gasteiger partial charge in [0.15, 0.2) is 11.5 Å². The van der Waals surface area contributed by atoms with Gasteiger partial charge in [-0.1, -0.05) is 6.07 Å². The molecule has 0 saturated carbocycles. The maximum atomic E-state index is 13.1. The van der Waals surface area contributed by atoms with Gasteiger partial charge < -0.3 is 15.2 Å². The molecule has 2 aromatic rings. The molecular weight excluding hydrogens is 334 g/mol. The number of hydrogen-bond acceptors (Lipinski definition) is 7. The number of methoxy groups -OCH3 is 1. The van der Waals surface area contributed by atoms with Crippen molar-refractivity contribution in [2.24, 2.45) is 10.7 Å². The summed E-state index contributed by atoms with van der Waals surface area (Å²) in [6.07, 6.45) is 5.00. The van der Waals surface area contributed by atoms with Crippen LogP contribution in [0, 0.1) is 0 Å². The Balaban J connectivity index is 1.87. The van der Waals surface area contributed by atoms with Crippen molar-refractivity contribution in [3.63, 3.8) is 0 Å². The predicted octanol–water partition coefficient (Wildman–Crippen LogP) is 0.923. The first-order valence-electron chi connectivity index (χ1n) is 8.24. The highest BCUT2D eigenvalue weighted by Crippen LogP contribution is 2.46. The molecule has 0 radical (unpaired) electrons. The molecule has 2 aliphatic rings. The molecular formula is C18H19N5O3. The molecule has 8 heteroatoms. The van der Waals surface area contributed by atoms with Gasteiger partial charge in [-0.15, -0.1) is 0 Å². The van der Waals surface area contributed by atoms with Crippen molar-refractivity contribution >= 4 is 11.9 Å². The van der Waals surface area contributed by atoms with Gasteiger partial charge in [-0.05, 0) is 17.7 Å². The fourth-order valence-corrected chi connectivity index (χ4v) is 3.53. The Kier molecular flexibility index (Phi) is 3.84. The van der Waals surface area contributed by atoms with E-state index >= 15 is 0 Å². The molecule has 1 amide bonds. The van der Waals surface area contributed by atoms with Crippen LogP contribution in [-0.4, -0.2) is 53.6 Å². The van der Waals surface area contributed by atoms with E-state index in [4.69, 9.17) is 15.2 Å². The van der Waals surface area contributed by atoms with E-state index in [0.717, 1.165) is 11.1 Å². The van der Waals surface area contributed by atoms with Gasteiger partial charge in [0.05, 0.1) is 6.61 Å². The van der Waals surface area contributed by atoms with Crippen molar-refractivity contribution in [3.05, 3.63) is 42.5 Å². The van der Waals surface area contributed by atoms with Gasteiger partial charge in [0.1, 0.15) is 18.2 Å². The van der Waals surface area contributed by atoms with Crippen LogP contribution in [0.4, 0.5) is 0 Å². The molecule has 2 N–H and O–H groups in total. The summed E-state index contributed by atoms with van der Waals surface area (Å²) in [4.78, 5) is 27.1. The van der Waals surface area contributed by atoms with Gasteiger partial charge in [-0.25, -0.2) is 15.0 Å². The summed E-state index contributed by atoms with van der Waals surface area (Å²) >= 11 is 0. The number of ether oxygens (including phenoxy) is 2. The van der Waals surface area contributed by atoms with Crippen LogP contribution in [0.2, 0.25) is 0 Å². The lowest BCUT2D eigenvalue weighted by molar-refractivity contribution is -0.132. The number of amides is 1. The second kappa shape index (κ2) is 6.06. The number of rotatable bonds is 3. The highest BCUT2D eigenvalue weighted by Gasteiger charge is 2.53. The maximum absolute atomic E-state index is 13.1. The van der Waals surface area contributed by atoms with E-state index in [1.807, 2.05) is 18.2 Å². The normalized spacial score (nSPS) is 24.4. The number of hydrogen-bond donors (Lipinski definition) is 1. The summed E-state index contributed by atoms with van der Waals surface area (Å²) in [5.41, 5.74) is 7.30. The van der Waals surface area contributed by atoms with Crippen LogP contribution in [0.3, 0.4) is 0 Å². The SMILES string of the molecule is COCC1CC2(N=C(N)N(C)C2=O)c2cc(-c3cncnc3)ccc2O1. The highest BCUT2D eigenvalue weighted by atomic mass is 16.5. The van der Waals surface area contributed by atoms with Gasteiger partial charge in [0.2, 0.25) is 0 Å². The van der Waals surface area contributed by atoms with Crippen LogP contribution < -0.4 is 10.5 Å². The minimum atomic E-state index is -1.10. The molecule has 0 aliphatic carbocycles. The van der Waals surface area contributed by atoms with Crippen LogP contribution >= 0.6 is 0 Å². The minimum Gasteiger partial charge on any atom is -0.488 e. The molecule has 0 bridgehead atoms. The molecule has 134 valence electrons. The standard InChI is InChI=1S/C18H19N5O3/c1-23-16(24)18(22-17(23)19)6-13(9-25-2)26-15-4-3-11(5-14(15)18)12-7-20-10-21-8-12/h3-5,7-8,10,13H,6,9H2,1-2H3,(H2,19,22). The van der Waals surface area contributed by atoms with Gasteiger partial charge in [0.25, 0.3) is 5.91 Å². The number of aliphatic imine (C=N–C) groups is 1. The Morgan fingerprint density at radius 1 is 1.35 bits per heavy atom.